The third-order valence-corrected chi connectivity index (χ3v) is 4.62. The van der Waals surface area contributed by atoms with Crippen LogP contribution in [0.2, 0.25) is 0 Å². The number of carbonyl (C=O) groups is 2. The SMILES string of the molecule is COC(=O)C1=C(C)NC(C)=C(C(=O)OC)C1c1ccc(OC)c(OC)c1OC. The molecular weight excluding hydrogens is 366 g/mol. The Hall–Kier alpha value is -3.16. The fourth-order valence-electron chi connectivity index (χ4n) is 3.42. The first-order valence-electron chi connectivity index (χ1n) is 8.50. The van der Waals surface area contributed by atoms with Crippen molar-refractivity contribution in [2.45, 2.75) is 19.8 Å². The second-order valence-electron chi connectivity index (χ2n) is 6.04. The zero-order chi connectivity index (χ0) is 21.0. The summed E-state index contributed by atoms with van der Waals surface area (Å²) in [5.74, 6) is -0.767. The third-order valence-electron chi connectivity index (χ3n) is 4.62. The fraction of sp³-hybridized carbons (Fsp3) is 0.400. The number of nitrogens with one attached hydrogen (secondary N) is 1. The summed E-state index contributed by atoms with van der Waals surface area (Å²) in [4.78, 5) is 25.2. The van der Waals surface area contributed by atoms with Crippen molar-refractivity contribution in [2.75, 3.05) is 35.5 Å². The Labute approximate surface area is 164 Å². The van der Waals surface area contributed by atoms with Crippen LogP contribution in [-0.4, -0.2) is 47.5 Å². The van der Waals surface area contributed by atoms with E-state index in [0.29, 0.717) is 34.2 Å². The molecule has 0 amide bonds. The maximum Gasteiger partial charge on any atom is 0.336 e. The van der Waals surface area contributed by atoms with Crippen LogP contribution in [0.25, 0.3) is 0 Å². The van der Waals surface area contributed by atoms with Gasteiger partial charge in [0.25, 0.3) is 0 Å². The number of dihydropyridines is 1. The van der Waals surface area contributed by atoms with E-state index in [-0.39, 0.29) is 11.1 Å². The number of rotatable bonds is 6. The van der Waals surface area contributed by atoms with Crippen molar-refractivity contribution in [1.82, 2.24) is 5.32 Å². The minimum atomic E-state index is -0.782. The van der Waals surface area contributed by atoms with E-state index < -0.39 is 17.9 Å². The van der Waals surface area contributed by atoms with Crippen LogP contribution in [0, 0.1) is 0 Å². The number of methoxy groups -OCH3 is 5. The van der Waals surface area contributed by atoms with E-state index in [1.165, 1.54) is 35.5 Å². The molecule has 0 saturated heterocycles. The zero-order valence-electron chi connectivity index (χ0n) is 17.1. The molecule has 0 radical (unpaired) electrons. The largest absolute Gasteiger partial charge is 0.493 e. The number of benzene rings is 1. The zero-order valence-corrected chi connectivity index (χ0v) is 17.1. The maximum absolute atomic E-state index is 12.6. The molecule has 0 spiro atoms. The molecule has 1 N–H and O–H groups in total. The number of hydrogen-bond acceptors (Lipinski definition) is 8. The summed E-state index contributed by atoms with van der Waals surface area (Å²) in [6, 6.07) is 3.41. The van der Waals surface area contributed by atoms with Gasteiger partial charge in [-0.1, -0.05) is 6.07 Å². The third kappa shape index (κ3) is 3.49. The summed E-state index contributed by atoms with van der Waals surface area (Å²) in [6.45, 7) is 3.48. The molecule has 8 nitrogen and oxygen atoms in total. The highest BCUT2D eigenvalue weighted by atomic mass is 16.5. The first kappa shape index (κ1) is 21.1. The van der Waals surface area contributed by atoms with E-state index in [0.717, 1.165) is 0 Å². The van der Waals surface area contributed by atoms with Gasteiger partial charge in [0.15, 0.2) is 11.5 Å². The molecule has 1 aliphatic rings. The van der Waals surface area contributed by atoms with Crippen LogP contribution in [0.5, 0.6) is 17.2 Å². The van der Waals surface area contributed by atoms with Crippen molar-refractivity contribution in [3.05, 3.63) is 40.2 Å². The van der Waals surface area contributed by atoms with Gasteiger partial charge in [-0.2, -0.15) is 0 Å². The predicted molar refractivity (Wildman–Crippen MR) is 101 cm³/mol. The summed E-state index contributed by atoms with van der Waals surface area (Å²) < 4.78 is 26.3. The Morgan fingerprint density at radius 3 is 1.68 bits per heavy atom. The van der Waals surface area contributed by atoms with Crippen molar-refractivity contribution in [3.8, 4) is 17.2 Å². The lowest BCUT2D eigenvalue weighted by Gasteiger charge is -2.31. The van der Waals surface area contributed by atoms with E-state index in [9.17, 15) is 9.59 Å². The average molecular weight is 391 g/mol. The quantitative estimate of drug-likeness (QED) is 0.739. The molecule has 0 saturated carbocycles. The van der Waals surface area contributed by atoms with Gasteiger partial charge in [0.2, 0.25) is 5.75 Å². The van der Waals surface area contributed by atoms with Gasteiger partial charge in [0, 0.05) is 17.0 Å². The van der Waals surface area contributed by atoms with E-state index in [4.69, 9.17) is 23.7 Å². The summed E-state index contributed by atoms with van der Waals surface area (Å²) in [6.07, 6.45) is 0. The summed E-state index contributed by atoms with van der Waals surface area (Å²) >= 11 is 0. The molecule has 1 aromatic rings. The molecule has 0 unspecified atom stereocenters. The highest BCUT2D eigenvalue weighted by molar-refractivity contribution is 6.00. The molecule has 152 valence electrons. The lowest BCUT2D eigenvalue weighted by molar-refractivity contribution is -0.137. The molecule has 2 rings (SSSR count). The number of hydrogen-bond donors (Lipinski definition) is 1. The summed E-state index contributed by atoms with van der Waals surface area (Å²) in [5, 5.41) is 3.06. The van der Waals surface area contributed by atoms with Crippen LogP contribution in [0.1, 0.15) is 25.3 Å². The second kappa shape index (κ2) is 8.69. The highest BCUT2D eigenvalue weighted by Crippen LogP contribution is 2.48. The molecule has 28 heavy (non-hydrogen) atoms. The second-order valence-corrected chi connectivity index (χ2v) is 6.04. The van der Waals surface area contributed by atoms with Crippen LogP contribution in [0.4, 0.5) is 0 Å². The Bertz CT molecular complexity index is 816. The number of allylic oxidation sites excluding steroid dienone is 2. The topological polar surface area (TPSA) is 92.3 Å². The molecule has 1 heterocycles. The van der Waals surface area contributed by atoms with Gasteiger partial charge in [0.1, 0.15) is 0 Å². The van der Waals surface area contributed by atoms with Gasteiger partial charge in [-0.3, -0.25) is 0 Å². The van der Waals surface area contributed by atoms with Crippen LogP contribution >= 0.6 is 0 Å². The Morgan fingerprint density at radius 1 is 0.786 bits per heavy atom. The Kier molecular flexibility index (Phi) is 6.56. The monoisotopic (exact) mass is 391 g/mol. The van der Waals surface area contributed by atoms with Gasteiger partial charge < -0.3 is 29.0 Å². The molecule has 1 aromatic carbocycles. The van der Waals surface area contributed by atoms with E-state index in [1.807, 2.05) is 0 Å². The fourth-order valence-corrected chi connectivity index (χ4v) is 3.42. The molecule has 0 aromatic heterocycles. The van der Waals surface area contributed by atoms with Gasteiger partial charge in [-0.05, 0) is 19.9 Å². The standard InChI is InChI=1S/C20H25NO7/c1-10-14(19(22)27-6)16(15(11(2)21-10)20(23)28-7)12-8-9-13(24-3)18(26-5)17(12)25-4/h8-9,16,21H,1-7H3. The Morgan fingerprint density at radius 2 is 1.29 bits per heavy atom. The van der Waals surface area contributed by atoms with Crippen LogP contribution < -0.4 is 19.5 Å². The van der Waals surface area contributed by atoms with Gasteiger partial charge in [-0.15, -0.1) is 0 Å². The maximum atomic E-state index is 12.6. The van der Waals surface area contributed by atoms with Crippen molar-refractivity contribution in [3.63, 3.8) is 0 Å². The van der Waals surface area contributed by atoms with Gasteiger partial charge in [0.05, 0.1) is 52.6 Å². The average Bonchev–Trinajstić information content (AvgIpc) is 2.70. The van der Waals surface area contributed by atoms with Gasteiger partial charge >= 0.3 is 11.9 Å². The molecule has 1 aliphatic heterocycles. The molecule has 0 fully saturated rings. The van der Waals surface area contributed by atoms with Crippen molar-refractivity contribution in [2.24, 2.45) is 0 Å². The molecule has 0 aliphatic carbocycles. The van der Waals surface area contributed by atoms with Crippen molar-refractivity contribution < 1.29 is 33.3 Å². The van der Waals surface area contributed by atoms with E-state index >= 15 is 0 Å². The predicted octanol–water partition coefficient (Wildman–Crippen LogP) is 2.29. The number of carbonyl (C=O) groups excluding carboxylic acids is 2. The minimum Gasteiger partial charge on any atom is -0.493 e. The molecule has 0 atom stereocenters. The Balaban J connectivity index is 2.87. The van der Waals surface area contributed by atoms with Crippen LogP contribution in [0.15, 0.2) is 34.7 Å². The van der Waals surface area contributed by atoms with Crippen LogP contribution in [-0.2, 0) is 19.1 Å². The number of esters is 2. The minimum absolute atomic E-state index is 0.277. The normalized spacial score (nSPS) is 14.4. The lowest BCUT2D eigenvalue weighted by Crippen LogP contribution is -2.32. The highest BCUT2D eigenvalue weighted by Gasteiger charge is 2.40. The smallest absolute Gasteiger partial charge is 0.336 e. The number of ether oxygens (including phenoxy) is 5. The lowest BCUT2D eigenvalue weighted by atomic mass is 9.79. The van der Waals surface area contributed by atoms with E-state index in [1.54, 1.807) is 26.0 Å². The van der Waals surface area contributed by atoms with Crippen molar-refractivity contribution >= 4 is 11.9 Å². The van der Waals surface area contributed by atoms with Crippen molar-refractivity contribution in [1.29, 1.82) is 0 Å². The summed E-state index contributed by atoms with van der Waals surface area (Å²) in [7, 11) is 7.04. The van der Waals surface area contributed by atoms with Gasteiger partial charge in [-0.25, -0.2) is 9.59 Å². The molecular formula is C20H25NO7. The molecule has 8 heteroatoms. The first-order chi connectivity index (χ1) is 13.4. The molecule has 0 bridgehead atoms. The first-order valence-corrected chi connectivity index (χ1v) is 8.50. The van der Waals surface area contributed by atoms with E-state index in [2.05, 4.69) is 5.32 Å². The summed E-state index contributed by atoms with van der Waals surface area (Å²) in [5.41, 5.74) is 2.23. The van der Waals surface area contributed by atoms with Crippen LogP contribution in [0.3, 0.4) is 0 Å².